The molecule has 10 heavy (non-hydrogen) atoms. The molecule has 0 aromatic carbocycles. The van der Waals surface area contributed by atoms with Crippen LogP contribution in [0.2, 0.25) is 0 Å². The molecule has 2 heterocycles. The Morgan fingerprint density at radius 3 is 3.30 bits per heavy atom. The third-order valence-electron chi connectivity index (χ3n) is 1.62. The van der Waals surface area contributed by atoms with Gasteiger partial charge < -0.3 is 5.32 Å². The number of fused-ring (bicyclic) bond motifs is 1. The van der Waals surface area contributed by atoms with E-state index in [1.807, 2.05) is 4.68 Å². The minimum Gasteiger partial charge on any atom is -0.340 e. The second-order valence-corrected chi connectivity index (χ2v) is 2.26. The van der Waals surface area contributed by atoms with Crippen LogP contribution in [0.15, 0.2) is 12.3 Å². The van der Waals surface area contributed by atoms with E-state index in [-0.39, 0.29) is 5.91 Å². The van der Waals surface area contributed by atoms with Crippen LogP contribution in [0.1, 0.15) is 10.5 Å². The van der Waals surface area contributed by atoms with E-state index in [2.05, 4.69) is 10.4 Å². The molecule has 2 rings (SSSR count). The third-order valence-corrected chi connectivity index (χ3v) is 1.62. The van der Waals surface area contributed by atoms with Gasteiger partial charge in [0, 0.05) is 6.07 Å². The van der Waals surface area contributed by atoms with Crippen molar-refractivity contribution in [3.8, 4) is 0 Å². The molecule has 4 heteroatoms. The van der Waals surface area contributed by atoms with Crippen molar-refractivity contribution in [1.29, 1.82) is 0 Å². The van der Waals surface area contributed by atoms with Gasteiger partial charge in [0.15, 0.2) is 6.54 Å². The van der Waals surface area contributed by atoms with Gasteiger partial charge in [-0.1, -0.05) is 0 Å². The summed E-state index contributed by atoms with van der Waals surface area (Å²) in [6.07, 6.45) is 1.76. The molecule has 52 valence electrons. The lowest BCUT2D eigenvalue weighted by molar-refractivity contribution is -0.752. The maximum Gasteiger partial charge on any atom is 0.318 e. The Morgan fingerprint density at radius 1 is 1.60 bits per heavy atom. The Labute approximate surface area is 57.8 Å². The number of nitrogens with one attached hydrogen (secondary N) is 2. The van der Waals surface area contributed by atoms with Gasteiger partial charge in [-0.05, 0) is 0 Å². The van der Waals surface area contributed by atoms with Crippen molar-refractivity contribution < 1.29 is 9.48 Å². The fraction of sp³-hybridized carbons (Fsp3) is 0.333. The van der Waals surface area contributed by atoms with Crippen LogP contribution in [0.25, 0.3) is 0 Å². The standard InChI is InChI=1S/C6H7N3O/c10-6-5-1-2-8-9(5)4-3-7-6/h1-2H,3-4H2,(H,7,10)/p+1. The number of rotatable bonds is 0. The van der Waals surface area contributed by atoms with E-state index in [0.717, 1.165) is 13.1 Å². The number of hydrogen-bond donors (Lipinski definition) is 2. The number of nitrogens with zero attached hydrogens (tertiary/aromatic N) is 1. The van der Waals surface area contributed by atoms with Crippen LogP contribution in [0.4, 0.5) is 0 Å². The van der Waals surface area contributed by atoms with Crippen molar-refractivity contribution in [1.82, 2.24) is 10.4 Å². The summed E-state index contributed by atoms with van der Waals surface area (Å²) in [6.45, 7) is 1.56. The molecule has 1 amide bonds. The summed E-state index contributed by atoms with van der Waals surface area (Å²) >= 11 is 0. The Balaban J connectivity index is 2.50. The van der Waals surface area contributed by atoms with Crippen molar-refractivity contribution >= 4 is 5.91 Å². The van der Waals surface area contributed by atoms with Gasteiger partial charge in [0.25, 0.3) is 5.69 Å². The third kappa shape index (κ3) is 0.618. The first-order valence-corrected chi connectivity index (χ1v) is 3.23. The summed E-state index contributed by atoms with van der Waals surface area (Å²) in [5.41, 5.74) is 0.714. The van der Waals surface area contributed by atoms with Crippen LogP contribution < -0.4 is 10.00 Å². The van der Waals surface area contributed by atoms with Gasteiger partial charge in [-0.3, -0.25) is 4.79 Å². The van der Waals surface area contributed by atoms with Crippen molar-refractivity contribution in [3.63, 3.8) is 0 Å². The zero-order chi connectivity index (χ0) is 6.97. The van der Waals surface area contributed by atoms with Crippen molar-refractivity contribution in [2.45, 2.75) is 6.54 Å². The second kappa shape index (κ2) is 1.83. The molecule has 0 radical (unpaired) electrons. The molecule has 0 bridgehead atoms. The molecule has 1 aliphatic heterocycles. The molecule has 4 nitrogen and oxygen atoms in total. The number of H-pyrrole nitrogens is 1. The van der Waals surface area contributed by atoms with E-state index in [1.165, 1.54) is 0 Å². The number of aromatic nitrogens is 2. The summed E-state index contributed by atoms with van der Waals surface area (Å²) < 4.78 is 1.83. The number of hydrogen-bond acceptors (Lipinski definition) is 1. The van der Waals surface area contributed by atoms with E-state index in [9.17, 15) is 4.79 Å². The Morgan fingerprint density at radius 2 is 2.50 bits per heavy atom. The second-order valence-electron chi connectivity index (χ2n) is 2.26. The monoisotopic (exact) mass is 138 g/mol. The molecular formula is C6H8N3O+. The van der Waals surface area contributed by atoms with Gasteiger partial charge in [-0.15, -0.1) is 4.68 Å². The molecular weight excluding hydrogens is 130 g/mol. The predicted octanol–water partition coefficient (Wildman–Crippen LogP) is -0.954. The lowest BCUT2D eigenvalue weighted by Gasteiger charge is -2.04. The quantitative estimate of drug-likeness (QED) is 0.446. The number of aromatic amines is 1. The topological polar surface area (TPSA) is 48.8 Å². The molecule has 0 saturated carbocycles. The first-order valence-electron chi connectivity index (χ1n) is 3.23. The minimum absolute atomic E-state index is 0.00694. The summed E-state index contributed by atoms with van der Waals surface area (Å²) in [7, 11) is 0. The number of carbonyl (C=O) groups is 1. The lowest BCUT2D eigenvalue weighted by Crippen LogP contribution is -2.52. The van der Waals surface area contributed by atoms with Gasteiger partial charge in [0.1, 0.15) is 0 Å². The molecule has 0 unspecified atom stereocenters. The molecule has 1 aliphatic rings. The maximum atomic E-state index is 11.0. The van der Waals surface area contributed by atoms with E-state index >= 15 is 0 Å². The fourth-order valence-electron chi connectivity index (χ4n) is 1.12. The summed E-state index contributed by atoms with van der Waals surface area (Å²) in [5.74, 6) is 0.00694. The van der Waals surface area contributed by atoms with Gasteiger partial charge >= 0.3 is 5.91 Å². The van der Waals surface area contributed by atoms with Crippen LogP contribution in [0.3, 0.4) is 0 Å². The molecule has 2 N–H and O–H groups in total. The normalized spacial score (nSPS) is 16.2. The fourth-order valence-corrected chi connectivity index (χ4v) is 1.12. The molecule has 0 saturated heterocycles. The Hall–Kier alpha value is -1.32. The summed E-state index contributed by atoms with van der Waals surface area (Å²) in [6, 6.07) is 1.77. The summed E-state index contributed by atoms with van der Waals surface area (Å²) in [5, 5.41) is 5.69. The first kappa shape index (κ1) is 5.46. The van der Waals surface area contributed by atoms with Crippen molar-refractivity contribution in [2.75, 3.05) is 6.54 Å². The van der Waals surface area contributed by atoms with Crippen LogP contribution in [-0.4, -0.2) is 17.6 Å². The number of carbonyl (C=O) groups excluding carboxylic acids is 1. The largest absolute Gasteiger partial charge is 0.340 e. The smallest absolute Gasteiger partial charge is 0.318 e. The highest BCUT2D eigenvalue weighted by atomic mass is 16.2. The van der Waals surface area contributed by atoms with Crippen molar-refractivity contribution in [3.05, 3.63) is 18.0 Å². The molecule has 0 atom stereocenters. The Bertz CT molecular complexity index is 266. The van der Waals surface area contributed by atoms with Gasteiger partial charge in [-0.25, -0.2) is 0 Å². The SMILES string of the molecule is O=C1NCC[n+]2[nH]ccc21. The van der Waals surface area contributed by atoms with Crippen LogP contribution >= 0.6 is 0 Å². The van der Waals surface area contributed by atoms with E-state index < -0.39 is 0 Å². The molecule has 1 aromatic rings. The minimum atomic E-state index is 0.00694. The molecule has 1 aromatic heterocycles. The van der Waals surface area contributed by atoms with E-state index in [0.29, 0.717) is 5.69 Å². The van der Waals surface area contributed by atoms with E-state index in [4.69, 9.17) is 0 Å². The zero-order valence-electron chi connectivity index (χ0n) is 5.42. The van der Waals surface area contributed by atoms with Crippen LogP contribution in [0, 0.1) is 0 Å². The Kier molecular flexibility index (Phi) is 1.00. The molecule has 0 fully saturated rings. The maximum absolute atomic E-state index is 11.0. The first-order chi connectivity index (χ1) is 4.88. The van der Waals surface area contributed by atoms with Crippen molar-refractivity contribution in [2.24, 2.45) is 0 Å². The van der Waals surface area contributed by atoms with Gasteiger partial charge in [-0.2, -0.15) is 5.10 Å². The van der Waals surface area contributed by atoms with E-state index in [1.54, 1.807) is 12.3 Å². The average Bonchev–Trinajstić information content (AvgIpc) is 2.36. The molecule has 0 aliphatic carbocycles. The van der Waals surface area contributed by atoms with Crippen LogP contribution in [-0.2, 0) is 6.54 Å². The molecule has 0 spiro atoms. The van der Waals surface area contributed by atoms with Gasteiger partial charge in [0.05, 0.1) is 12.7 Å². The predicted molar refractivity (Wildman–Crippen MR) is 33.3 cm³/mol. The lowest BCUT2D eigenvalue weighted by atomic mass is 10.3. The average molecular weight is 138 g/mol. The van der Waals surface area contributed by atoms with Gasteiger partial charge in [0.2, 0.25) is 0 Å². The van der Waals surface area contributed by atoms with Crippen LogP contribution in [0.5, 0.6) is 0 Å². The number of amides is 1. The summed E-state index contributed by atoms with van der Waals surface area (Å²) in [4.78, 5) is 11.0. The zero-order valence-corrected chi connectivity index (χ0v) is 5.42. The highest BCUT2D eigenvalue weighted by Gasteiger charge is 2.24. The highest BCUT2D eigenvalue weighted by Crippen LogP contribution is 1.92. The highest BCUT2D eigenvalue weighted by molar-refractivity contribution is 5.91.